The van der Waals surface area contributed by atoms with Gasteiger partial charge in [0.2, 0.25) is 0 Å². The van der Waals surface area contributed by atoms with Gasteiger partial charge in [0.25, 0.3) is 0 Å². The van der Waals surface area contributed by atoms with Crippen molar-refractivity contribution in [3.8, 4) is 0 Å². The second kappa shape index (κ2) is 8.13. The lowest BCUT2D eigenvalue weighted by Gasteiger charge is -2.31. The summed E-state index contributed by atoms with van der Waals surface area (Å²) >= 11 is 3.70. The average Bonchev–Trinajstić information content (AvgIpc) is 2.58. The van der Waals surface area contributed by atoms with Gasteiger partial charge in [0.1, 0.15) is 0 Å². The molecule has 0 aromatic heterocycles. The van der Waals surface area contributed by atoms with Crippen LogP contribution in [0.1, 0.15) is 25.0 Å². The maximum atomic E-state index is 10.8. The van der Waals surface area contributed by atoms with Crippen LogP contribution in [-0.2, 0) is 12.8 Å². The second-order valence-corrected chi connectivity index (χ2v) is 8.86. The average molecular weight is 363 g/mol. The smallest absolute Gasteiger partial charge is 0.0984 e. The SMILES string of the molecule is CC1=C2CSCCc3cccc(c3)CCSCC(=C(C)C1O)C2O. The molecule has 0 spiro atoms. The molecule has 2 N–H and O–H groups in total. The highest BCUT2D eigenvalue weighted by Crippen LogP contribution is 2.34. The summed E-state index contributed by atoms with van der Waals surface area (Å²) in [5.41, 5.74) is 6.70. The van der Waals surface area contributed by atoms with E-state index >= 15 is 0 Å². The van der Waals surface area contributed by atoms with Gasteiger partial charge in [-0.1, -0.05) is 24.3 Å². The van der Waals surface area contributed by atoms with Crippen LogP contribution >= 0.6 is 23.5 Å². The van der Waals surface area contributed by atoms with Gasteiger partial charge in [0.15, 0.2) is 0 Å². The van der Waals surface area contributed by atoms with Crippen molar-refractivity contribution in [2.75, 3.05) is 23.0 Å². The summed E-state index contributed by atoms with van der Waals surface area (Å²) in [4.78, 5) is 0. The van der Waals surface area contributed by atoms with E-state index in [1.807, 2.05) is 37.4 Å². The topological polar surface area (TPSA) is 40.5 Å². The predicted molar refractivity (Wildman–Crippen MR) is 106 cm³/mol. The van der Waals surface area contributed by atoms with Crippen LogP contribution in [0.4, 0.5) is 0 Å². The van der Waals surface area contributed by atoms with Crippen molar-refractivity contribution in [2.24, 2.45) is 0 Å². The summed E-state index contributed by atoms with van der Waals surface area (Å²) in [6.07, 6.45) is 1.06. The van der Waals surface area contributed by atoms with E-state index in [4.69, 9.17) is 0 Å². The lowest BCUT2D eigenvalue weighted by Crippen LogP contribution is -2.31. The van der Waals surface area contributed by atoms with Crippen molar-refractivity contribution in [3.05, 3.63) is 57.7 Å². The molecule has 24 heavy (non-hydrogen) atoms. The summed E-state index contributed by atoms with van der Waals surface area (Å²) in [5.74, 6) is 3.67. The Bertz CT molecular complexity index is 612. The molecule has 1 aliphatic heterocycles. The number of thioether (sulfide) groups is 2. The number of benzene rings is 1. The van der Waals surface area contributed by atoms with Crippen LogP contribution < -0.4 is 0 Å². The number of hydrogen-bond acceptors (Lipinski definition) is 4. The molecule has 0 saturated carbocycles. The molecule has 3 rings (SSSR count). The zero-order valence-corrected chi connectivity index (χ0v) is 16.1. The van der Waals surface area contributed by atoms with E-state index in [2.05, 4.69) is 24.3 Å². The number of rotatable bonds is 0. The normalized spacial score (nSPS) is 26.3. The van der Waals surface area contributed by atoms with Crippen LogP contribution in [0.25, 0.3) is 0 Å². The van der Waals surface area contributed by atoms with E-state index in [9.17, 15) is 10.2 Å². The molecule has 0 unspecified atom stereocenters. The standard InChI is InChI=1S/C20H26O2S2/c1-13-17-11-23-8-6-15-4-3-5-16(10-15)7-9-24-12-18(20(17)22)14(2)19(13)21/h3-5,10,19-22H,6-9,11-12H2,1-2H3. The van der Waals surface area contributed by atoms with Gasteiger partial charge in [-0.3, -0.25) is 0 Å². The fourth-order valence-corrected chi connectivity index (χ4v) is 5.65. The van der Waals surface area contributed by atoms with Crippen molar-refractivity contribution in [1.29, 1.82) is 0 Å². The van der Waals surface area contributed by atoms with E-state index < -0.39 is 12.2 Å². The molecule has 1 aromatic carbocycles. The minimum Gasteiger partial charge on any atom is -0.384 e. The molecule has 0 saturated heterocycles. The molecule has 2 nitrogen and oxygen atoms in total. The Morgan fingerprint density at radius 2 is 1.33 bits per heavy atom. The molecule has 0 amide bonds. The molecule has 4 heteroatoms. The summed E-state index contributed by atoms with van der Waals surface area (Å²) in [6, 6.07) is 8.91. The van der Waals surface area contributed by atoms with Gasteiger partial charge >= 0.3 is 0 Å². The van der Waals surface area contributed by atoms with Gasteiger partial charge < -0.3 is 10.2 Å². The summed E-state index contributed by atoms with van der Waals surface area (Å²) < 4.78 is 0. The van der Waals surface area contributed by atoms with Gasteiger partial charge in [-0.2, -0.15) is 23.5 Å². The van der Waals surface area contributed by atoms with E-state index in [1.54, 1.807) is 0 Å². The minimum atomic E-state index is -0.528. The van der Waals surface area contributed by atoms with E-state index in [-0.39, 0.29) is 0 Å². The Morgan fingerprint density at radius 3 is 1.83 bits per heavy atom. The number of aliphatic hydroxyl groups excluding tert-OH is 2. The predicted octanol–water partition coefficient (Wildman–Crippen LogP) is 3.62. The zero-order chi connectivity index (χ0) is 17.1. The molecule has 0 atom stereocenters. The van der Waals surface area contributed by atoms with E-state index in [1.165, 1.54) is 11.1 Å². The Labute approximate surface area is 153 Å². The minimum absolute atomic E-state index is 0.519. The van der Waals surface area contributed by atoms with Crippen molar-refractivity contribution in [2.45, 2.75) is 38.9 Å². The number of hydrogen-bond donors (Lipinski definition) is 2. The van der Waals surface area contributed by atoms with Crippen molar-refractivity contribution >= 4 is 23.5 Å². The van der Waals surface area contributed by atoms with Gasteiger partial charge in [0.05, 0.1) is 12.2 Å². The molecule has 130 valence electrons. The van der Waals surface area contributed by atoms with Gasteiger partial charge in [-0.05, 0) is 71.6 Å². The Hall–Kier alpha value is -0.680. The fraction of sp³-hybridized carbons (Fsp3) is 0.500. The first kappa shape index (κ1) is 18.1. The maximum Gasteiger partial charge on any atom is 0.0984 e. The van der Waals surface area contributed by atoms with Crippen LogP contribution in [-0.4, -0.2) is 45.4 Å². The zero-order valence-electron chi connectivity index (χ0n) is 14.4. The first-order chi connectivity index (χ1) is 11.6. The molecule has 1 heterocycles. The number of aryl methyl sites for hydroxylation is 2. The summed E-state index contributed by atoms with van der Waals surface area (Å²) in [7, 11) is 0. The molecule has 0 fully saturated rings. The monoisotopic (exact) mass is 362 g/mol. The lowest BCUT2D eigenvalue weighted by molar-refractivity contribution is 0.203. The van der Waals surface area contributed by atoms with E-state index in [0.717, 1.165) is 58.1 Å². The fourth-order valence-electron chi connectivity index (χ4n) is 3.39. The van der Waals surface area contributed by atoms with Crippen LogP contribution in [0.15, 0.2) is 46.6 Å². The Morgan fingerprint density at radius 1 is 0.833 bits per heavy atom. The van der Waals surface area contributed by atoms with Gasteiger partial charge in [-0.15, -0.1) is 0 Å². The maximum absolute atomic E-state index is 10.8. The van der Waals surface area contributed by atoms with Crippen molar-refractivity contribution < 1.29 is 10.2 Å². The highest BCUT2D eigenvalue weighted by Gasteiger charge is 2.30. The summed E-state index contributed by atoms with van der Waals surface area (Å²) in [6.45, 7) is 3.92. The third kappa shape index (κ3) is 3.93. The molecule has 2 aliphatic rings. The Kier molecular flexibility index (Phi) is 6.14. The number of fused-ring (bicyclic) bond motifs is 4. The highest BCUT2D eigenvalue weighted by atomic mass is 32.2. The van der Waals surface area contributed by atoms with Crippen LogP contribution in [0.3, 0.4) is 0 Å². The lowest BCUT2D eigenvalue weighted by atomic mass is 9.84. The van der Waals surface area contributed by atoms with Crippen molar-refractivity contribution in [3.63, 3.8) is 0 Å². The molecule has 1 aromatic rings. The Balaban J connectivity index is 1.84. The number of aliphatic hydroxyl groups is 2. The van der Waals surface area contributed by atoms with Crippen LogP contribution in [0.2, 0.25) is 0 Å². The van der Waals surface area contributed by atoms with Crippen LogP contribution in [0, 0.1) is 0 Å². The van der Waals surface area contributed by atoms with E-state index in [0.29, 0.717) is 0 Å². The molecular formula is C20H26O2S2. The van der Waals surface area contributed by atoms with Gasteiger partial charge in [0, 0.05) is 11.5 Å². The summed E-state index contributed by atoms with van der Waals surface area (Å²) in [5, 5.41) is 21.4. The van der Waals surface area contributed by atoms with Gasteiger partial charge in [-0.25, -0.2) is 0 Å². The largest absolute Gasteiger partial charge is 0.384 e. The third-order valence-corrected chi connectivity index (χ3v) is 7.09. The molecular weight excluding hydrogens is 336 g/mol. The first-order valence-electron chi connectivity index (χ1n) is 8.56. The molecule has 0 radical (unpaired) electrons. The third-order valence-electron chi connectivity index (χ3n) is 5.07. The van der Waals surface area contributed by atoms with Crippen LogP contribution in [0.5, 0.6) is 0 Å². The van der Waals surface area contributed by atoms with Crippen molar-refractivity contribution in [1.82, 2.24) is 0 Å². The first-order valence-corrected chi connectivity index (χ1v) is 10.9. The second-order valence-electron chi connectivity index (χ2n) is 6.65. The molecule has 4 bridgehead atoms. The quantitative estimate of drug-likeness (QED) is 0.692. The highest BCUT2D eigenvalue weighted by molar-refractivity contribution is 7.99. The molecule has 1 aliphatic carbocycles.